The van der Waals surface area contributed by atoms with Gasteiger partial charge in [-0.1, -0.05) is 5.16 Å². The molecule has 0 aliphatic carbocycles. The van der Waals surface area contributed by atoms with E-state index in [1.54, 1.807) is 18.2 Å². The molecule has 2 heterocycles. The molecule has 0 saturated carbocycles. The zero-order valence-electron chi connectivity index (χ0n) is 10.5. The first-order chi connectivity index (χ1) is 8.81. The predicted molar refractivity (Wildman–Crippen MR) is 72.3 cm³/mol. The third kappa shape index (κ3) is 4.11. The molecule has 7 heteroatoms. The first kappa shape index (κ1) is 15.3. The molecular weight excluding hydrogens is 270 g/mol. The van der Waals surface area contributed by atoms with E-state index in [1.165, 1.54) is 6.26 Å². The van der Waals surface area contributed by atoms with E-state index in [9.17, 15) is 4.79 Å². The minimum Gasteiger partial charge on any atom is -0.461 e. The van der Waals surface area contributed by atoms with Crippen molar-refractivity contribution in [1.82, 2.24) is 15.8 Å². The van der Waals surface area contributed by atoms with E-state index in [-0.39, 0.29) is 24.0 Å². The lowest BCUT2D eigenvalue weighted by atomic mass is 10.3. The summed E-state index contributed by atoms with van der Waals surface area (Å²) in [6.45, 7) is 1.46. The highest BCUT2D eigenvalue weighted by Gasteiger charge is 2.14. The van der Waals surface area contributed by atoms with E-state index in [2.05, 4.69) is 15.8 Å². The molecule has 0 atom stereocenters. The number of rotatable bonds is 6. The van der Waals surface area contributed by atoms with Gasteiger partial charge < -0.3 is 19.6 Å². The fourth-order valence-electron chi connectivity index (χ4n) is 1.47. The Bertz CT molecular complexity index is 496. The molecule has 0 spiro atoms. The van der Waals surface area contributed by atoms with Crippen LogP contribution in [0.2, 0.25) is 0 Å². The van der Waals surface area contributed by atoms with Crippen LogP contribution in [0.4, 0.5) is 0 Å². The van der Waals surface area contributed by atoms with Gasteiger partial charge in [-0.05, 0) is 32.1 Å². The Morgan fingerprint density at radius 1 is 1.37 bits per heavy atom. The van der Waals surface area contributed by atoms with Gasteiger partial charge in [-0.15, -0.1) is 12.4 Å². The Balaban J connectivity index is 0.00000180. The minimum absolute atomic E-state index is 0. The molecule has 0 unspecified atom stereocenters. The van der Waals surface area contributed by atoms with E-state index in [0.29, 0.717) is 18.1 Å². The van der Waals surface area contributed by atoms with Crippen LogP contribution in [-0.4, -0.2) is 31.2 Å². The highest BCUT2D eigenvalue weighted by Crippen LogP contribution is 2.20. The first-order valence-corrected chi connectivity index (χ1v) is 5.74. The molecule has 2 aromatic rings. The summed E-state index contributed by atoms with van der Waals surface area (Å²) >= 11 is 0. The summed E-state index contributed by atoms with van der Waals surface area (Å²) in [4.78, 5) is 11.7. The van der Waals surface area contributed by atoms with Gasteiger partial charge in [-0.25, -0.2) is 0 Å². The number of nitrogens with one attached hydrogen (secondary N) is 2. The maximum Gasteiger partial charge on any atom is 0.273 e. The monoisotopic (exact) mass is 285 g/mol. The second-order valence-electron chi connectivity index (χ2n) is 3.77. The van der Waals surface area contributed by atoms with Crippen LogP contribution < -0.4 is 10.6 Å². The highest BCUT2D eigenvalue weighted by molar-refractivity contribution is 5.92. The maximum atomic E-state index is 11.7. The van der Waals surface area contributed by atoms with Crippen molar-refractivity contribution in [3.63, 3.8) is 0 Å². The van der Waals surface area contributed by atoms with Crippen molar-refractivity contribution in [1.29, 1.82) is 0 Å². The van der Waals surface area contributed by atoms with Crippen LogP contribution in [0.25, 0.3) is 11.5 Å². The van der Waals surface area contributed by atoms with E-state index < -0.39 is 0 Å². The molecule has 19 heavy (non-hydrogen) atoms. The van der Waals surface area contributed by atoms with Crippen LogP contribution in [0.5, 0.6) is 0 Å². The lowest BCUT2D eigenvalue weighted by Crippen LogP contribution is -2.26. The Morgan fingerprint density at radius 3 is 2.89 bits per heavy atom. The number of halogens is 1. The van der Waals surface area contributed by atoms with Crippen LogP contribution in [0.15, 0.2) is 33.4 Å². The van der Waals surface area contributed by atoms with Crippen molar-refractivity contribution >= 4 is 18.3 Å². The number of hydrogen-bond acceptors (Lipinski definition) is 5. The van der Waals surface area contributed by atoms with Crippen molar-refractivity contribution in [3.05, 3.63) is 30.2 Å². The fraction of sp³-hybridized carbons (Fsp3) is 0.333. The molecule has 0 radical (unpaired) electrons. The predicted octanol–water partition coefficient (Wildman–Crippen LogP) is 1.70. The Hall–Kier alpha value is -1.79. The molecule has 0 aromatic carbocycles. The molecular formula is C12H16ClN3O3. The molecule has 2 rings (SSSR count). The third-order valence-corrected chi connectivity index (χ3v) is 2.40. The summed E-state index contributed by atoms with van der Waals surface area (Å²) in [5.74, 6) is 0.754. The molecule has 2 aromatic heterocycles. The number of amides is 1. The molecule has 0 saturated heterocycles. The van der Waals surface area contributed by atoms with Crippen molar-refractivity contribution in [2.75, 3.05) is 20.1 Å². The molecule has 104 valence electrons. The first-order valence-electron chi connectivity index (χ1n) is 5.74. The topological polar surface area (TPSA) is 80.3 Å². The van der Waals surface area contributed by atoms with Crippen LogP contribution in [-0.2, 0) is 0 Å². The van der Waals surface area contributed by atoms with Crippen LogP contribution in [0.3, 0.4) is 0 Å². The molecule has 0 bridgehead atoms. The van der Waals surface area contributed by atoms with Crippen molar-refractivity contribution in [3.8, 4) is 11.5 Å². The van der Waals surface area contributed by atoms with Crippen molar-refractivity contribution in [2.45, 2.75) is 6.42 Å². The van der Waals surface area contributed by atoms with Gasteiger partial charge in [-0.2, -0.15) is 0 Å². The summed E-state index contributed by atoms with van der Waals surface area (Å²) in [5, 5.41) is 9.47. The lowest BCUT2D eigenvalue weighted by molar-refractivity contribution is 0.0944. The average Bonchev–Trinajstić information content (AvgIpc) is 3.03. The molecule has 1 amide bonds. The largest absolute Gasteiger partial charge is 0.461 e. The summed E-state index contributed by atoms with van der Waals surface area (Å²) in [6, 6.07) is 5.05. The molecule has 2 N–H and O–H groups in total. The van der Waals surface area contributed by atoms with Crippen molar-refractivity contribution < 1.29 is 13.7 Å². The number of carbonyl (C=O) groups is 1. The van der Waals surface area contributed by atoms with Gasteiger partial charge in [0.1, 0.15) is 0 Å². The van der Waals surface area contributed by atoms with Gasteiger partial charge in [0.05, 0.1) is 6.26 Å². The van der Waals surface area contributed by atoms with Crippen molar-refractivity contribution in [2.24, 2.45) is 0 Å². The van der Waals surface area contributed by atoms with Crippen LogP contribution >= 0.6 is 12.4 Å². The molecule has 6 nitrogen and oxygen atoms in total. The van der Waals surface area contributed by atoms with Gasteiger partial charge >= 0.3 is 0 Å². The summed E-state index contributed by atoms with van der Waals surface area (Å²) in [5.41, 5.74) is 0.255. The summed E-state index contributed by atoms with van der Waals surface area (Å²) in [7, 11) is 1.87. The SMILES string of the molecule is CNCCCNC(=O)c1cc(-c2ccco2)on1.Cl. The van der Waals surface area contributed by atoms with E-state index >= 15 is 0 Å². The molecule has 0 aliphatic rings. The molecule has 0 aliphatic heterocycles. The van der Waals surface area contributed by atoms with Gasteiger partial charge in [0, 0.05) is 12.6 Å². The van der Waals surface area contributed by atoms with E-state index in [4.69, 9.17) is 8.94 Å². The van der Waals surface area contributed by atoms with E-state index in [1.807, 2.05) is 7.05 Å². The van der Waals surface area contributed by atoms with Gasteiger partial charge in [0.25, 0.3) is 5.91 Å². The zero-order chi connectivity index (χ0) is 12.8. The minimum atomic E-state index is -0.243. The number of hydrogen-bond donors (Lipinski definition) is 2. The smallest absolute Gasteiger partial charge is 0.273 e. The summed E-state index contributed by atoms with van der Waals surface area (Å²) < 4.78 is 10.2. The standard InChI is InChI=1S/C12H15N3O3.ClH/c1-13-5-3-6-14-12(16)9-8-11(18-15-9)10-4-2-7-17-10;/h2,4,7-8,13H,3,5-6H2,1H3,(H,14,16);1H. The maximum absolute atomic E-state index is 11.7. The van der Waals surface area contributed by atoms with Gasteiger partial charge in [0.2, 0.25) is 5.76 Å². The highest BCUT2D eigenvalue weighted by atomic mass is 35.5. The number of aromatic nitrogens is 1. The second kappa shape index (κ2) is 7.60. The second-order valence-corrected chi connectivity index (χ2v) is 3.77. The third-order valence-electron chi connectivity index (χ3n) is 2.40. The average molecular weight is 286 g/mol. The zero-order valence-corrected chi connectivity index (χ0v) is 11.3. The Morgan fingerprint density at radius 2 is 2.21 bits per heavy atom. The van der Waals surface area contributed by atoms with Gasteiger partial charge in [-0.3, -0.25) is 4.79 Å². The molecule has 0 fully saturated rings. The summed E-state index contributed by atoms with van der Waals surface area (Å²) in [6.07, 6.45) is 2.40. The lowest BCUT2D eigenvalue weighted by Gasteiger charge is -2.01. The van der Waals surface area contributed by atoms with Crippen LogP contribution in [0, 0.1) is 0 Å². The normalized spacial score (nSPS) is 9.95. The number of furan rings is 1. The van der Waals surface area contributed by atoms with Crippen LogP contribution in [0.1, 0.15) is 16.9 Å². The Kier molecular flexibility index (Phi) is 6.11. The van der Waals surface area contributed by atoms with E-state index in [0.717, 1.165) is 13.0 Å². The quantitative estimate of drug-likeness (QED) is 0.790. The van der Waals surface area contributed by atoms with Gasteiger partial charge in [0.15, 0.2) is 11.5 Å². The number of nitrogens with zero attached hydrogens (tertiary/aromatic N) is 1. The number of carbonyl (C=O) groups excluding carboxylic acids is 1. The Labute approximate surface area is 116 Å². The fourth-order valence-corrected chi connectivity index (χ4v) is 1.47.